The van der Waals surface area contributed by atoms with Gasteiger partial charge in [0.1, 0.15) is 11.5 Å². The lowest BCUT2D eigenvalue weighted by molar-refractivity contribution is 0.0397. The number of hydrogen-bond donors (Lipinski definition) is 2. The monoisotopic (exact) mass is 235 g/mol. The second-order valence-corrected chi connectivity index (χ2v) is 4.71. The van der Waals surface area contributed by atoms with Crippen molar-refractivity contribution in [2.45, 2.75) is 39.9 Å². The molecule has 0 aliphatic carbocycles. The number of hydrogen-bond acceptors (Lipinski definition) is 3. The van der Waals surface area contributed by atoms with E-state index in [1.165, 1.54) is 0 Å². The Labute approximate surface area is 103 Å². The van der Waals surface area contributed by atoms with Gasteiger partial charge in [-0.25, -0.2) is 0 Å². The van der Waals surface area contributed by atoms with E-state index in [9.17, 15) is 0 Å². The molecule has 0 aliphatic heterocycles. The number of nitrogens with one attached hydrogen (secondary N) is 1. The van der Waals surface area contributed by atoms with Gasteiger partial charge >= 0.3 is 0 Å². The number of aromatic nitrogens is 1. The molecule has 1 rings (SSSR count). The van der Waals surface area contributed by atoms with Gasteiger partial charge in [-0.2, -0.15) is 0 Å². The number of nitrogens with two attached hydrogens (primary N) is 1. The second kappa shape index (κ2) is 6.35. The molecule has 1 aromatic rings. The summed E-state index contributed by atoms with van der Waals surface area (Å²) in [6, 6.07) is 3.68. The molecule has 0 amide bonds. The standard InChI is InChI=1S/C13H21N3O/c1-9(2)6-10(3)17-8-11-4-5-16-12(7-11)13(14)15/h4-5,7,9-10H,6,8H2,1-3H3,(H3,14,15). The largest absolute Gasteiger partial charge is 0.382 e. The molecule has 0 aliphatic rings. The van der Waals surface area contributed by atoms with Gasteiger partial charge in [0.2, 0.25) is 0 Å². The molecular formula is C13H21N3O. The average Bonchev–Trinajstić information content (AvgIpc) is 2.26. The fourth-order valence-electron chi connectivity index (χ4n) is 1.68. The van der Waals surface area contributed by atoms with Crippen LogP contribution in [0.1, 0.15) is 38.4 Å². The van der Waals surface area contributed by atoms with Crippen molar-refractivity contribution in [3.8, 4) is 0 Å². The summed E-state index contributed by atoms with van der Waals surface area (Å²) < 4.78 is 5.73. The van der Waals surface area contributed by atoms with Crippen LogP contribution in [0.3, 0.4) is 0 Å². The highest BCUT2D eigenvalue weighted by molar-refractivity contribution is 5.93. The highest BCUT2D eigenvalue weighted by atomic mass is 16.5. The van der Waals surface area contributed by atoms with Crippen molar-refractivity contribution in [2.24, 2.45) is 11.7 Å². The van der Waals surface area contributed by atoms with E-state index in [-0.39, 0.29) is 11.9 Å². The van der Waals surface area contributed by atoms with Gasteiger partial charge in [-0.1, -0.05) is 13.8 Å². The Morgan fingerprint density at radius 3 is 2.76 bits per heavy atom. The Morgan fingerprint density at radius 2 is 2.18 bits per heavy atom. The number of ether oxygens (including phenoxy) is 1. The minimum absolute atomic E-state index is 0.0120. The van der Waals surface area contributed by atoms with Crippen LogP contribution in [0.5, 0.6) is 0 Å². The van der Waals surface area contributed by atoms with Gasteiger partial charge in [0.05, 0.1) is 12.7 Å². The van der Waals surface area contributed by atoms with Crippen LogP contribution in [0, 0.1) is 11.3 Å². The molecule has 4 nitrogen and oxygen atoms in total. The molecule has 1 atom stereocenters. The molecular weight excluding hydrogens is 214 g/mol. The Balaban J connectivity index is 2.51. The van der Waals surface area contributed by atoms with Crippen molar-refractivity contribution in [1.29, 1.82) is 5.41 Å². The fourth-order valence-corrected chi connectivity index (χ4v) is 1.68. The SMILES string of the molecule is CC(C)CC(C)OCc1ccnc(C(=N)N)c1. The van der Waals surface area contributed by atoms with Crippen LogP contribution in [0.2, 0.25) is 0 Å². The van der Waals surface area contributed by atoms with Crippen LogP contribution in [-0.4, -0.2) is 16.9 Å². The lowest BCUT2D eigenvalue weighted by atomic mass is 10.1. The van der Waals surface area contributed by atoms with Gasteiger partial charge in [-0.15, -0.1) is 0 Å². The van der Waals surface area contributed by atoms with Crippen LogP contribution in [0.15, 0.2) is 18.3 Å². The second-order valence-electron chi connectivity index (χ2n) is 4.71. The number of nitrogens with zero attached hydrogens (tertiary/aromatic N) is 1. The minimum Gasteiger partial charge on any atom is -0.382 e. The molecule has 0 spiro atoms. The zero-order valence-electron chi connectivity index (χ0n) is 10.7. The molecule has 17 heavy (non-hydrogen) atoms. The first-order valence-electron chi connectivity index (χ1n) is 5.90. The first kappa shape index (κ1) is 13.6. The predicted octanol–water partition coefficient (Wildman–Crippen LogP) is 2.32. The molecule has 0 radical (unpaired) electrons. The smallest absolute Gasteiger partial charge is 0.141 e. The summed E-state index contributed by atoms with van der Waals surface area (Å²) in [5, 5.41) is 7.32. The maximum Gasteiger partial charge on any atom is 0.141 e. The van der Waals surface area contributed by atoms with E-state index in [2.05, 4.69) is 25.8 Å². The Bertz CT molecular complexity index is 377. The zero-order chi connectivity index (χ0) is 12.8. The van der Waals surface area contributed by atoms with E-state index >= 15 is 0 Å². The molecule has 1 unspecified atom stereocenters. The van der Waals surface area contributed by atoms with Crippen LogP contribution in [0.25, 0.3) is 0 Å². The highest BCUT2D eigenvalue weighted by Crippen LogP contribution is 2.11. The van der Waals surface area contributed by atoms with E-state index in [0.717, 1.165) is 12.0 Å². The quantitative estimate of drug-likeness (QED) is 0.587. The third-order valence-corrected chi connectivity index (χ3v) is 2.44. The van der Waals surface area contributed by atoms with Gasteiger partial charge in [0, 0.05) is 6.20 Å². The molecule has 0 saturated carbocycles. The van der Waals surface area contributed by atoms with Crippen molar-refractivity contribution in [1.82, 2.24) is 4.98 Å². The van der Waals surface area contributed by atoms with Gasteiger partial charge < -0.3 is 10.5 Å². The number of pyridine rings is 1. The van der Waals surface area contributed by atoms with Crippen molar-refractivity contribution in [3.63, 3.8) is 0 Å². The van der Waals surface area contributed by atoms with Crippen LogP contribution in [0.4, 0.5) is 0 Å². The summed E-state index contributed by atoms with van der Waals surface area (Å²) in [5.41, 5.74) is 6.89. The normalized spacial score (nSPS) is 12.7. The van der Waals surface area contributed by atoms with Gasteiger partial charge in [0.25, 0.3) is 0 Å². The lowest BCUT2D eigenvalue weighted by Gasteiger charge is -2.15. The average molecular weight is 235 g/mol. The van der Waals surface area contributed by atoms with Crippen molar-refractivity contribution >= 4 is 5.84 Å². The topological polar surface area (TPSA) is 72.0 Å². The van der Waals surface area contributed by atoms with Crippen molar-refractivity contribution in [2.75, 3.05) is 0 Å². The summed E-state index contributed by atoms with van der Waals surface area (Å²) in [6.45, 7) is 6.98. The van der Waals surface area contributed by atoms with Crippen molar-refractivity contribution < 1.29 is 4.74 Å². The van der Waals surface area contributed by atoms with Crippen LogP contribution in [-0.2, 0) is 11.3 Å². The molecule has 1 heterocycles. The highest BCUT2D eigenvalue weighted by Gasteiger charge is 2.06. The van der Waals surface area contributed by atoms with Crippen LogP contribution < -0.4 is 5.73 Å². The molecule has 0 aromatic carbocycles. The Morgan fingerprint density at radius 1 is 1.47 bits per heavy atom. The molecule has 94 valence electrons. The maximum absolute atomic E-state index is 7.32. The molecule has 0 bridgehead atoms. The first-order valence-corrected chi connectivity index (χ1v) is 5.90. The lowest BCUT2D eigenvalue weighted by Crippen LogP contribution is -2.14. The molecule has 3 N–H and O–H groups in total. The minimum atomic E-state index is -0.0120. The van der Waals surface area contributed by atoms with E-state index < -0.39 is 0 Å². The zero-order valence-corrected chi connectivity index (χ0v) is 10.7. The predicted molar refractivity (Wildman–Crippen MR) is 69.0 cm³/mol. The first-order chi connectivity index (χ1) is 7.99. The summed E-state index contributed by atoms with van der Waals surface area (Å²) in [4.78, 5) is 4.01. The van der Waals surface area contributed by atoms with E-state index in [1.54, 1.807) is 12.3 Å². The molecule has 0 saturated heterocycles. The van der Waals surface area contributed by atoms with E-state index in [1.807, 2.05) is 6.07 Å². The van der Waals surface area contributed by atoms with Crippen LogP contribution >= 0.6 is 0 Å². The number of rotatable bonds is 6. The van der Waals surface area contributed by atoms with E-state index in [4.69, 9.17) is 15.9 Å². The number of nitrogen functional groups attached to an aromatic ring is 1. The Kier molecular flexibility index (Phi) is 5.10. The molecule has 1 aromatic heterocycles. The number of amidine groups is 1. The van der Waals surface area contributed by atoms with Crippen molar-refractivity contribution in [3.05, 3.63) is 29.6 Å². The summed E-state index contributed by atoms with van der Waals surface area (Å²) in [5.74, 6) is 0.622. The van der Waals surface area contributed by atoms with Gasteiger partial charge in [0.15, 0.2) is 0 Å². The summed E-state index contributed by atoms with van der Waals surface area (Å²) in [6.07, 6.45) is 2.94. The summed E-state index contributed by atoms with van der Waals surface area (Å²) >= 11 is 0. The maximum atomic E-state index is 7.32. The molecule has 0 fully saturated rings. The fraction of sp³-hybridized carbons (Fsp3) is 0.538. The summed E-state index contributed by atoms with van der Waals surface area (Å²) in [7, 11) is 0. The molecule has 4 heteroatoms. The third-order valence-electron chi connectivity index (χ3n) is 2.44. The Hall–Kier alpha value is -1.42. The van der Waals surface area contributed by atoms with E-state index in [0.29, 0.717) is 18.2 Å². The van der Waals surface area contributed by atoms with Gasteiger partial charge in [-0.3, -0.25) is 10.4 Å². The third kappa shape index (κ3) is 4.95. The van der Waals surface area contributed by atoms with Gasteiger partial charge in [-0.05, 0) is 37.0 Å².